The molecule has 0 rings (SSSR count). The van der Waals surface area contributed by atoms with Crippen LogP contribution in [0, 0.1) is 12.3 Å². The van der Waals surface area contributed by atoms with Gasteiger partial charge >= 0.3 is 5.97 Å². The Bertz CT molecular complexity index is 156. The molecule has 0 bridgehead atoms. The number of terminal acetylenes is 1. The van der Waals surface area contributed by atoms with Gasteiger partial charge in [-0.1, -0.05) is 12.8 Å². The van der Waals surface area contributed by atoms with Gasteiger partial charge in [-0.25, -0.2) is 0 Å². The van der Waals surface area contributed by atoms with Crippen LogP contribution in [0.4, 0.5) is 0 Å². The van der Waals surface area contributed by atoms with E-state index in [1.165, 1.54) is 6.92 Å². The highest BCUT2D eigenvalue weighted by atomic mass is 16.5. The van der Waals surface area contributed by atoms with Gasteiger partial charge in [-0.05, 0) is 12.8 Å². The monoisotopic (exact) mass is 168 g/mol. The van der Waals surface area contributed by atoms with Crippen molar-refractivity contribution in [2.24, 2.45) is 0 Å². The predicted molar refractivity (Wildman–Crippen MR) is 48.6 cm³/mol. The first kappa shape index (κ1) is 11.0. The highest BCUT2D eigenvalue weighted by Crippen LogP contribution is 2.02. The van der Waals surface area contributed by atoms with E-state index in [-0.39, 0.29) is 5.97 Å². The van der Waals surface area contributed by atoms with E-state index in [0.29, 0.717) is 6.61 Å². The number of esters is 1. The first-order valence-corrected chi connectivity index (χ1v) is 4.34. The largest absolute Gasteiger partial charge is 0.466 e. The molecule has 68 valence electrons. The summed E-state index contributed by atoms with van der Waals surface area (Å²) in [5.41, 5.74) is 0. The second-order valence-electron chi connectivity index (χ2n) is 2.71. The molecule has 0 amide bonds. The summed E-state index contributed by atoms with van der Waals surface area (Å²) in [4.78, 5) is 10.3. The van der Waals surface area contributed by atoms with Gasteiger partial charge in [-0.15, -0.1) is 12.3 Å². The zero-order chi connectivity index (χ0) is 9.23. The quantitative estimate of drug-likeness (QED) is 0.345. The third-order valence-electron chi connectivity index (χ3n) is 1.52. The predicted octanol–water partition coefficient (Wildman–Crippen LogP) is 2.13. The maximum Gasteiger partial charge on any atom is 0.302 e. The summed E-state index contributed by atoms with van der Waals surface area (Å²) in [5, 5.41) is 0. The van der Waals surface area contributed by atoms with Crippen LogP contribution < -0.4 is 0 Å². The van der Waals surface area contributed by atoms with E-state index >= 15 is 0 Å². The molecule has 0 spiro atoms. The minimum Gasteiger partial charge on any atom is -0.466 e. The summed E-state index contributed by atoms with van der Waals surface area (Å²) in [7, 11) is 0. The number of carbonyl (C=O) groups excluding carboxylic acids is 1. The Hall–Kier alpha value is -0.970. The molecule has 0 saturated heterocycles. The van der Waals surface area contributed by atoms with Crippen LogP contribution in [-0.4, -0.2) is 12.6 Å². The molecule has 0 saturated carbocycles. The molecule has 0 N–H and O–H groups in total. The second kappa shape index (κ2) is 8.13. The molecule has 0 heterocycles. The molecule has 0 aromatic carbocycles. The Balaban J connectivity index is 2.92. The number of hydrogen-bond acceptors (Lipinski definition) is 2. The van der Waals surface area contributed by atoms with E-state index < -0.39 is 0 Å². The average Bonchev–Trinajstić information content (AvgIpc) is 2.02. The molecule has 0 aliphatic rings. The smallest absolute Gasteiger partial charge is 0.302 e. The van der Waals surface area contributed by atoms with Crippen molar-refractivity contribution in [2.75, 3.05) is 6.61 Å². The summed E-state index contributed by atoms with van der Waals surface area (Å²) in [5.74, 6) is 2.40. The van der Waals surface area contributed by atoms with E-state index in [1.54, 1.807) is 0 Å². The van der Waals surface area contributed by atoms with Crippen molar-refractivity contribution in [3.8, 4) is 12.3 Å². The van der Waals surface area contributed by atoms with Gasteiger partial charge in [0.2, 0.25) is 0 Å². The molecule has 0 unspecified atom stereocenters. The molecule has 0 radical (unpaired) electrons. The highest BCUT2D eigenvalue weighted by Gasteiger charge is 1.92. The van der Waals surface area contributed by atoms with E-state index in [4.69, 9.17) is 11.2 Å². The third-order valence-corrected chi connectivity index (χ3v) is 1.52. The van der Waals surface area contributed by atoms with Gasteiger partial charge < -0.3 is 4.74 Å². The van der Waals surface area contributed by atoms with E-state index in [2.05, 4.69) is 5.92 Å². The van der Waals surface area contributed by atoms with Crippen LogP contribution in [0.15, 0.2) is 0 Å². The van der Waals surface area contributed by atoms with Gasteiger partial charge in [-0.3, -0.25) is 4.79 Å². The van der Waals surface area contributed by atoms with Crippen molar-refractivity contribution in [2.45, 2.75) is 39.0 Å². The van der Waals surface area contributed by atoms with Crippen molar-refractivity contribution in [1.29, 1.82) is 0 Å². The Morgan fingerprint density at radius 1 is 1.33 bits per heavy atom. The number of rotatable bonds is 6. The Morgan fingerprint density at radius 3 is 2.58 bits per heavy atom. The lowest BCUT2D eigenvalue weighted by molar-refractivity contribution is -0.141. The second-order valence-corrected chi connectivity index (χ2v) is 2.71. The van der Waals surface area contributed by atoms with Crippen molar-refractivity contribution in [3.05, 3.63) is 0 Å². The molecule has 0 aromatic heterocycles. The fourth-order valence-electron chi connectivity index (χ4n) is 0.899. The summed E-state index contributed by atoms with van der Waals surface area (Å²) in [6, 6.07) is 0. The summed E-state index contributed by atoms with van der Waals surface area (Å²) < 4.78 is 4.77. The van der Waals surface area contributed by atoms with Crippen molar-refractivity contribution in [3.63, 3.8) is 0 Å². The maximum absolute atomic E-state index is 10.3. The van der Waals surface area contributed by atoms with Gasteiger partial charge in [-0.2, -0.15) is 0 Å². The molecular formula is C10H16O2. The molecular weight excluding hydrogens is 152 g/mol. The SMILES string of the molecule is C#CCCCCCCOC(C)=O. The molecule has 2 heteroatoms. The third kappa shape index (κ3) is 9.03. The van der Waals surface area contributed by atoms with Gasteiger partial charge in [0.1, 0.15) is 0 Å². The number of ether oxygens (including phenoxy) is 1. The Labute approximate surface area is 74.3 Å². The minimum atomic E-state index is -0.196. The van der Waals surface area contributed by atoms with Crippen LogP contribution in [0.3, 0.4) is 0 Å². The molecule has 12 heavy (non-hydrogen) atoms. The lowest BCUT2D eigenvalue weighted by Gasteiger charge is -2.00. The van der Waals surface area contributed by atoms with Gasteiger partial charge in [0.15, 0.2) is 0 Å². The topological polar surface area (TPSA) is 26.3 Å². The van der Waals surface area contributed by atoms with Crippen molar-refractivity contribution >= 4 is 5.97 Å². The molecule has 0 aliphatic carbocycles. The number of hydrogen-bond donors (Lipinski definition) is 0. The lowest BCUT2D eigenvalue weighted by atomic mass is 10.1. The zero-order valence-electron chi connectivity index (χ0n) is 7.64. The maximum atomic E-state index is 10.3. The fraction of sp³-hybridized carbons (Fsp3) is 0.700. The van der Waals surface area contributed by atoms with Gasteiger partial charge in [0.05, 0.1) is 6.61 Å². The van der Waals surface area contributed by atoms with Crippen LogP contribution in [0.5, 0.6) is 0 Å². The first-order valence-electron chi connectivity index (χ1n) is 4.34. The summed E-state index contributed by atoms with van der Waals surface area (Å²) >= 11 is 0. The van der Waals surface area contributed by atoms with Crippen LogP contribution in [0.25, 0.3) is 0 Å². The van der Waals surface area contributed by atoms with Gasteiger partial charge in [0, 0.05) is 13.3 Å². The number of carbonyl (C=O) groups is 1. The van der Waals surface area contributed by atoms with Crippen LogP contribution in [0.2, 0.25) is 0 Å². The van der Waals surface area contributed by atoms with Crippen LogP contribution >= 0.6 is 0 Å². The Kier molecular flexibility index (Phi) is 7.47. The number of unbranched alkanes of at least 4 members (excludes halogenated alkanes) is 4. The van der Waals surface area contributed by atoms with Crippen LogP contribution in [-0.2, 0) is 9.53 Å². The van der Waals surface area contributed by atoms with Crippen molar-refractivity contribution < 1.29 is 9.53 Å². The minimum absolute atomic E-state index is 0.196. The van der Waals surface area contributed by atoms with Gasteiger partial charge in [0.25, 0.3) is 0 Å². The molecule has 2 nitrogen and oxygen atoms in total. The highest BCUT2D eigenvalue weighted by molar-refractivity contribution is 5.65. The average molecular weight is 168 g/mol. The normalized spacial score (nSPS) is 9.00. The molecule has 0 atom stereocenters. The summed E-state index contributed by atoms with van der Waals surface area (Å²) in [6.45, 7) is 1.98. The zero-order valence-corrected chi connectivity index (χ0v) is 7.64. The molecule has 0 aliphatic heterocycles. The lowest BCUT2D eigenvalue weighted by Crippen LogP contribution is -1.99. The summed E-state index contributed by atoms with van der Waals surface area (Å²) in [6.07, 6.45) is 10.2. The van der Waals surface area contributed by atoms with Crippen molar-refractivity contribution in [1.82, 2.24) is 0 Å². The molecule has 0 aromatic rings. The standard InChI is InChI=1S/C10H16O2/c1-3-4-5-6-7-8-9-12-10(2)11/h1H,4-9H2,2H3. The van der Waals surface area contributed by atoms with E-state index in [1.807, 2.05) is 0 Å². The first-order chi connectivity index (χ1) is 5.77. The van der Waals surface area contributed by atoms with Crippen LogP contribution in [0.1, 0.15) is 39.0 Å². The molecule has 0 fully saturated rings. The van der Waals surface area contributed by atoms with E-state index in [0.717, 1.165) is 32.1 Å². The Morgan fingerprint density at radius 2 is 2.00 bits per heavy atom. The van der Waals surface area contributed by atoms with E-state index in [9.17, 15) is 4.79 Å². The fourth-order valence-corrected chi connectivity index (χ4v) is 0.899.